The summed E-state index contributed by atoms with van der Waals surface area (Å²) in [6.07, 6.45) is 12.7. The van der Waals surface area contributed by atoms with Crippen molar-refractivity contribution < 1.29 is 23.9 Å². The van der Waals surface area contributed by atoms with Crippen LogP contribution in [-0.4, -0.2) is 30.3 Å². The third kappa shape index (κ3) is 7.26. The van der Waals surface area contributed by atoms with Crippen LogP contribution in [0.4, 0.5) is 11.4 Å². The van der Waals surface area contributed by atoms with E-state index in [1.165, 1.54) is 43.4 Å². The van der Waals surface area contributed by atoms with E-state index in [-0.39, 0.29) is 35.5 Å². The molecule has 1 fully saturated rings. The number of hydrogen-bond donors (Lipinski definition) is 1. The van der Waals surface area contributed by atoms with Crippen LogP contribution in [0.25, 0.3) is 0 Å². The van der Waals surface area contributed by atoms with Crippen LogP contribution in [-0.2, 0) is 14.3 Å². The van der Waals surface area contributed by atoms with Gasteiger partial charge in [-0.3, -0.25) is 19.3 Å². The number of anilines is 2. The average molecular weight is 545 g/mol. The van der Waals surface area contributed by atoms with Crippen molar-refractivity contribution in [3.8, 4) is 0 Å². The summed E-state index contributed by atoms with van der Waals surface area (Å²) in [6, 6.07) is 13.1. The number of nitrogens with zero attached hydrogens (tertiary/aromatic N) is 1. The van der Waals surface area contributed by atoms with Gasteiger partial charge in [0.05, 0.1) is 29.7 Å². The largest absolute Gasteiger partial charge is 0.462 e. The summed E-state index contributed by atoms with van der Waals surface area (Å²) in [4.78, 5) is 52.2. The van der Waals surface area contributed by atoms with Gasteiger partial charge in [-0.15, -0.1) is 0 Å². The van der Waals surface area contributed by atoms with E-state index in [1.54, 1.807) is 48.5 Å². The van der Waals surface area contributed by atoms with Crippen LogP contribution in [0.1, 0.15) is 98.8 Å². The molecule has 0 unspecified atom stereocenters. The number of hydrogen-bond acceptors (Lipinski definition) is 5. The molecule has 2 aliphatic rings. The summed E-state index contributed by atoms with van der Waals surface area (Å²) in [6.45, 7) is 4.61. The molecule has 0 aromatic heterocycles. The Kier molecular flexibility index (Phi) is 10.3. The first-order valence-electron chi connectivity index (χ1n) is 14.6. The number of carbonyl (C=O) groups excluding carboxylic acids is 4. The molecule has 0 spiro atoms. The Morgan fingerprint density at radius 3 is 2.10 bits per heavy atom. The molecule has 4 rings (SSSR count). The molecule has 1 heterocycles. The zero-order valence-corrected chi connectivity index (χ0v) is 23.6. The molecular weight excluding hydrogens is 504 g/mol. The van der Waals surface area contributed by atoms with E-state index in [4.69, 9.17) is 4.74 Å². The summed E-state index contributed by atoms with van der Waals surface area (Å²) in [5, 5.41) is 2.82. The van der Waals surface area contributed by atoms with Gasteiger partial charge in [-0.25, -0.2) is 4.79 Å². The fourth-order valence-corrected chi connectivity index (χ4v) is 5.43. The molecule has 7 heteroatoms. The first-order chi connectivity index (χ1) is 19.4. The monoisotopic (exact) mass is 544 g/mol. The van der Waals surface area contributed by atoms with Gasteiger partial charge in [-0.1, -0.05) is 63.5 Å². The topological polar surface area (TPSA) is 92.8 Å². The van der Waals surface area contributed by atoms with Crippen LogP contribution in [0.15, 0.2) is 60.2 Å². The van der Waals surface area contributed by atoms with Crippen LogP contribution >= 0.6 is 0 Å². The molecular formula is C33H40N2O5. The third-order valence-electron chi connectivity index (χ3n) is 7.82. The second kappa shape index (κ2) is 14.1. The first-order valence-corrected chi connectivity index (χ1v) is 14.6. The van der Waals surface area contributed by atoms with Gasteiger partial charge in [-0.05, 0) is 74.7 Å². The van der Waals surface area contributed by atoms with Gasteiger partial charge in [0.2, 0.25) is 11.8 Å². The van der Waals surface area contributed by atoms with Crippen LogP contribution in [0.3, 0.4) is 0 Å². The summed E-state index contributed by atoms with van der Waals surface area (Å²) in [5.74, 6) is -1.64. The van der Waals surface area contributed by atoms with E-state index in [0.717, 1.165) is 18.4 Å². The van der Waals surface area contributed by atoms with Crippen molar-refractivity contribution in [2.24, 2.45) is 11.8 Å². The molecule has 212 valence electrons. The maximum absolute atomic E-state index is 12.9. The van der Waals surface area contributed by atoms with Crippen molar-refractivity contribution in [3.05, 3.63) is 71.3 Å². The number of amides is 3. The Morgan fingerprint density at radius 1 is 0.825 bits per heavy atom. The average Bonchev–Trinajstić information content (AvgIpc) is 3.21. The van der Waals surface area contributed by atoms with E-state index in [0.29, 0.717) is 42.0 Å². The minimum atomic E-state index is -0.367. The van der Waals surface area contributed by atoms with E-state index in [1.807, 2.05) is 13.0 Å². The van der Waals surface area contributed by atoms with Gasteiger partial charge in [-0.2, -0.15) is 0 Å². The number of carbonyl (C=O) groups is 4. The van der Waals surface area contributed by atoms with Gasteiger partial charge in [0.25, 0.3) is 5.91 Å². The lowest BCUT2D eigenvalue weighted by Crippen LogP contribution is -2.30. The van der Waals surface area contributed by atoms with Gasteiger partial charge in [0, 0.05) is 11.3 Å². The number of nitrogens with one attached hydrogen (secondary N) is 1. The lowest BCUT2D eigenvalue weighted by Gasteiger charge is -2.18. The lowest BCUT2D eigenvalue weighted by molar-refractivity contribution is -0.122. The normalized spacial score (nSPS) is 18.4. The van der Waals surface area contributed by atoms with Crippen LogP contribution < -0.4 is 10.2 Å². The molecule has 2 aromatic carbocycles. The molecule has 2 atom stereocenters. The van der Waals surface area contributed by atoms with Crippen molar-refractivity contribution in [2.45, 2.75) is 78.1 Å². The molecule has 0 saturated carbocycles. The van der Waals surface area contributed by atoms with E-state index in [9.17, 15) is 19.2 Å². The SMILES string of the molecule is CCCCCCCCCCOC(=O)c1ccc(NC(=O)c2ccc(N3C(=O)[C@@H]4CC=C(C)C[C@H]4C3=O)cc2)cc1. The quantitative estimate of drug-likeness (QED) is 0.126. The zero-order valence-electron chi connectivity index (χ0n) is 23.6. The van der Waals surface area contributed by atoms with Gasteiger partial charge < -0.3 is 10.1 Å². The highest BCUT2D eigenvalue weighted by Crippen LogP contribution is 2.39. The zero-order chi connectivity index (χ0) is 28.5. The fraction of sp³-hybridized carbons (Fsp3) is 0.455. The minimum absolute atomic E-state index is 0.170. The van der Waals surface area contributed by atoms with Crippen molar-refractivity contribution in [2.75, 3.05) is 16.8 Å². The molecule has 0 bridgehead atoms. The maximum atomic E-state index is 12.9. The number of benzene rings is 2. The number of fused-ring (bicyclic) bond motifs is 1. The fourth-order valence-electron chi connectivity index (χ4n) is 5.43. The molecule has 1 saturated heterocycles. The summed E-state index contributed by atoms with van der Waals surface area (Å²) in [7, 11) is 0. The molecule has 2 aromatic rings. The highest BCUT2D eigenvalue weighted by Gasteiger charge is 2.48. The van der Waals surface area contributed by atoms with Gasteiger partial charge in [0.15, 0.2) is 0 Å². The second-order valence-electron chi connectivity index (χ2n) is 10.9. The minimum Gasteiger partial charge on any atom is -0.462 e. The van der Waals surface area contributed by atoms with Crippen molar-refractivity contribution in [1.82, 2.24) is 0 Å². The van der Waals surface area contributed by atoms with E-state index < -0.39 is 0 Å². The number of allylic oxidation sites excluding steroid dienone is 2. The lowest BCUT2D eigenvalue weighted by atomic mass is 9.82. The van der Waals surface area contributed by atoms with E-state index >= 15 is 0 Å². The van der Waals surface area contributed by atoms with Crippen molar-refractivity contribution >= 4 is 35.1 Å². The molecule has 3 amide bonds. The summed E-state index contributed by atoms with van der Waals surface area (Å²) < 4.78 is 5.39. The number of imide groups is 1. The Hall–Kier alpha value is -3.74. The molecule has 1 aliphatic carbocycles. The maximum Gasteiger partial charge on any atom is 0.338 e. The number of unbranched alkanes of at least 4 members (excludes halogenated alkanes) is 7. The number of ether oxygens (including phenoxy) is 1. The highest BCUT2D eigenvalue weighted by atomic mass is 16.5. The van der Waals surface area contributed by atoms with Crippen LogP contribution in [0.2, 0.25) is 0 Å². The predicted octanol–water partition coefficient (Wildman–Crippen LogP) is 7.08. The Labute approximate surface area is 237 Å². The Morgan fingerprint density at radius 2 is 1.43 bits per heavy atom. The summed E-state index contributed by atoms with van der Waals surface area (Å²) in [5.41, 5.74) is 3.00. The standard InChI is InChI=1S/C33H40N2O5/c1-3-4-5-6-7-8-9-10-21-40-33(39)25-12-16-26(17-13-25)34-30(36)24-14-18-27(19-15-24)35-31(37)28-20-11-23(2)22-29(28)32(35)38/h11-19,28-29H,3-10,20-22H2,1-2H3,(H,34,36)/t28-,29-/m1/s1. The Balaban J connectivity index is 1.23. The number of esters is 1. The van der Waals surface area contributed by atoms with Crippen LogP contribution in [0.5, 0.6) is 0 Å². The molecule has 1 N–H and O–H groups in total. The van der Waals surface area contributed by atoms with Gasteiger partial charge in [0.1, 0.15) is 0 Å². The highest BCUT2D eigenvalue weighted by molar-refractivity contribution is 6.22. The van der Waals surface area contributed by atoms with Crippen LogP contribution in [0, 0.1) is 11.8 Å². The molecule has 0 radical (unpaired) electrons. The molecule has 40 heavy (non-hydrogen) atoms. The van der Waals surface area contributed by atoms with E-state index in [2.05, 4.69) is 12.2 Å². The molecule has 1 aliphatic heterocycles. The smallest absolute Gasteiger partial charge is 0.338 e. The second-order valence-corrected chi connectivity index (χ2v) is 10.9. The van der Waals surface area contributed by atoms with Crippen molar-refractivity contribution in [3.63, 3.8) is 0 Å². The third-order valence-corrected chi connectivity index (χ3v) is 7.82. The van der Waals surface area contributed by atoms with Crippen molar-refractivity contribution in [1.29, 1.82) is 0 Å². The number of rotatable bonds is 13. The predicted molar refractivity (Wildman–Crippen MR) is 156 cm³/mol. The molecule has 7 nitrogen and oxygen atoms in total. The summed E-state index contributed by atoms with van der Waals surface area (Å²) >= 11 is 0. The Bertz CT molecular complexity index is 1230. The van der Waals surface area contributed by atoms with Gasteiger partial charge >= 0.3 is 5.97 Å². The first kappa shape index (κ1) is 29.2.